The SMILES string of the molecule is Cc1ccc(SCc2nc3scc(-c4ccccc4)c3c(=O)[nH]2)c(C)c1. The maximum atomic E-state index is 12.7. The van der Waals surface area contributed by atoms with E-state index < -0.39 is 0 Å². The Kier molecular flexibility index (Phi) is 4.66. The fourth-order valence-corrected chi connectivity index (χ4v) is 4.85. The molecule has 0 radical (unpaired) electrons. The van der Waals surface area contributed by atoms with Crippen LogP contribution in [0.3, 0.4) is 0 Å². The molecular weight excluding hydrogens is 360 g/mol. The number of thiophene rings is 1. The molecule has 0 bridgehead atoms. The molecule has 2 aromatic heterocycles. The molecule has 4 aromatic rings. The molecule has 0 saturated heterocycles. The van der Waals surface area contributed by atoms with Gasteiger partial charge in [0.15, 0.2) is 0 Å². The van der Waals surface area contributed by atoms with E-state index in [0.29, 0.717) is 17.0 Å². The predicted octanol–water partition coefficient (Wildman–Crippen LogP) is 5.56. The van der Waals surface area contributed by atoms with Crippen molar-refractivity contribution < 1.29 is 0 Å². The van der Waals surface area contributed by atoms with Crippen LogP contribution in [0.4, 0.5) is 0 Å². The average molecular weight is 379 g/mol. The highest BCUT2D eigenvalue weighted by Gasteiger charge is 2.13. The van der Waals surface area contributed by atoms with Gasteiger partial charge in [-0.25, -0.2) is 4.98 Å². The van der Waals surface area contributed by atoms with Crippen LogP contribution >= 0.6 is 23.1 Å². The fourth-order valence-electron chi connectivity index (χ4n) is 3.00. The summed E-state index contributed by atoms with van der Waals surface area (Å²) in [5.74, 6) is 1.36. The minimum absolute atomic E-state index is 0.0636. The lowest BCUT2D eigenvalue weighted by atomic mass is 10.1. The number of aromatic amines is 1. The zero-order valence-electron chi connectivity index (χ0n) is 14.6. The van der Waals surface area contributed by atoms with E-state index in [0.717, 1.165) is 16.0 Å². The van der Waals surface area contributed by atoms with Crippen LogP contribution in [0.2, 0.25) is 0 Å². The lowest BCUT2D eigenvalue weighted by Gasteiger charge is -2.06. The predicted molar refractivity (Wildman–Crippen MR) is 111 cm³/mol. The van der Waals surface area contributed by atoms with Crippen molar-refractivity contribution in [3.63, 3.8) is 0 Å². The summed E-state index contributed by atoms with van der Waals surface area (Å²) in [6.45, 7) is 4.20. The first-order valence-electron chi connectivity index (χ1n) is 8.37. The molecule has 0 saturated carbocycles. The lowest BCUT2D eigenvalue weighted by molar-refractivity contribution is 1.04. The molecule has 0 aliphatic rings. The highest BCUT2D eigenvalue weighted by molar-refractivity contribution is 7.98. The number of hydrogen-bond acceptors (Lipinski definition) is 4. The van der Waals surface area contributed by atoms with Crippen LogP contribution in [-0.2, 0) is 5.75 Å². The number of nitrogens with zero attached hydrogens (tertiary/aromatic N) is 1. The molecule has 4 rings (SSSR count). The summed E-state index contributed by atoms with van der Waals surface area (Å²) in [7, 11) is 0. The van der Waals surface area contributed by atoms with Gasteiger partial charge in [-0.2, -0.15) is 0 Å². The Bertz CT molecular complexity index is 1130. The second-order valence-electron chi connectivity index (χ2n) is 6.27. The summed E-state index contributed by atoms with van der Waals surface area (Å²) >= 11 is 3.22. The number of hydrogen-bond donors (Lipinski definition) is 1. The number of H-pyrrole nitrogens is 1. The number of rotatable bonds is 4. The van der Waals surface area contributed by atoms with Crippen molar-refractivity contribution in [2.75, 3.05) is 0 Å². The van der Waals surface area contributed by atoms with Crippen LogP contribution in [0.5, 0.6) is 0 Å². The summed E-state index contributed by atoms with van der Waals surface area (Å²) in [6.07, 6.45) is 0. The third-order valence-electron chi connectivity index (χ3n) is 4.27. The largest absolute Gasteiger partial charge is 0.309 e. The van der Waals surface area contributed by atoms with Crippen LogP contribution < -0.4 is 5.56 Å². The molecule has 5 heteroatoms. The Morgan fingerprint density at radius 3 is 2.69 bits per heavy atom. The number of benzene rings is 2. The van der Waals surface area contributed by atoms with E-state index in [9.17, 15) is 4.79 Å². The van der Waals surface area contributed by atoms with Gasteiger partial charge in [-0.3, -0.25) is 4.79 Å². The fraction of sp³-hybridized carbons (Fsp3) is 0.143. The molecule has 0 amide bonds. The first-order chi connectivity index (χ1) is 12.6. The second-order valence-corrected chi connectivity index (χ2v) is 8.14. The molecule has 0 spiro atoms. The number of aryl methyl sites for hydroxylation is 2. The van der Waals surface area contributed by atoms with Gasteiger partial charge in [0.2, 0.25) is 0 Å². The summed E-state index contributed by atoms with van der Waals surface area (Å²) in [5, 5.41) is 2.70. The maximum Gasteiger partial charge on any atom is 0.260 e. The monoisotopic (exact) mass is 378 g/mol. The van der Waals surface area contributed by atoms with E-state index in [1.54, 1.807) is 11.8 Å². The van der Waals surface area contributed by atoms with E-state index in [1.807, 2.05) is 35.7 Å². The first kappa shape index (κ1) is 17.1. The summed E-state index contributed by atoms with van der Waals surface area (Å²) in [6, 6.07) is 16.4. The summed E-state index contributed by atoms with van der Waals surface area (Å²) < 4.78 is 0. The molecule has 0 atom stereocenters. The highest BCUT2D eigenvalue weighted by atomic mass is 32.2. The molecule has 0 fully saturated rings. The van der Waals surface area contributed by atoms with Crippen molar-refractivity contribution in [2.45, 2.75) is 24.5 Å². The van der Waals surface area contributed by atoms with Crippen molar-refractivity contribution in [3.8, 4) is 11.1 Å². The Morgan fingerprint density at radius 1 is 1.12 bits per heavy atom. The van der Waals surface area contributed by atoms with Crippen molar-refractivity contribution in [1.82, 2.24) is 9.97 Å². The molecule has 26 heavy (non-hydrogen) atoms. The van der Waals surface area contributed by atoms with Gasteiger partial charge < -0.3 is 4.98 Å². The average Bonchev–Trinajstić information content (AvgIpc) is 3.06. The van der Waals surface area contributed by atoms with Crippen LogP contribution in [0, 0.1) is 13.8 Å². The summed E-state index contributed by atoms with van der Waals surface area (Å²) in [5.41, 5.74) is 4.44. The molecular formula is C21H18N2OS2. The number of nitrogens with one attached hydrogen (secondary N) is 1. The van der Waals surface area contributed by atoms with E-state index in [-0.39, 0.29) is 5.56 Å². The molecule has 0 aliphatic carbocycles. The minimum atomic E-state index is -0.0636. The standard InChI is InChI=1S/C21H18N2OS2/c1-13-8-9-17(14(2)10-13)25-12-18-22-20(24)19-16(11-26-21(19)23-18)15-6-4-3-5-7-15/h3-11H,12H2,1-2H3,(H,22,23,24). The van der Waals surface area contributed by atoms with Crippen LogP contribution in [0.1, 0.15) is 17.0 Å². The van der Waals surface area contributed by atoms with Crippen LogP contribution in [0.15, 0.2) is 63.6 Å². The van der Waals surface area contributed by atoms with Gasteiger partial charge in [0.1, 0.15) is 10.7 Å². The molecule has 0 unspecified atom stereocenters. The zero-order chi connectivity index (χ0) is 18.1. The third-order valence-corrected chi connectivity index (χ3v) is 6.33. The lowest BCUT2D eigenvalue weighted by Crippen LogP contribution is -2.10. The Labute approximate surface area is 160 Å². The van der Waals surface area contributed by atoms with E-state index >= 15 is 0 Å². The Hall–Kier alpha value is -2.37. The smallest absolute Gasteiger partial charge is 0.260 e. The van der Waals surface area contributed by atoms with E-state index in [2.05, 4.69) is 42.0 Å². The minimum Gasteiger partial charge on any atom is -0.309 e. The van der Waals surface area contributed by atoms with Gasteiger partial charge in [0.25, 0.3) is 5.56 Å². The van der Waals surface area contributed by atoms with E-state index in [1.165, 1.54) is 27.4 Å². The van der Waals surface area contributed by atoms with Gasteiger partial charge in [0.05, 0.1) is 11.1 Å². The second kappa shape index (κ2) is 7.09. The normalized spacial score (nSPS) is 11.2. The Balaban J connectivity index is 1.65. The number of aromatic nitrogens is 2. The van der Waals surface area contributed by atoms with Crippen LogP contribution in [-0.4, -0.2) is 9.97 Å². The van der Waals surface area contributed by atoms with Crippen molar-refractivity contribution in [3.05, 3.63) is 81.2 Å². The first-order valence-corrected chi connectivity index (χ1v) is 10.2. The zero-order valence-corrected chi connectivity index (χ0v) is 16.2. The van der Waals surface area contributed by atoms with Gasteiger partial charge >= 0.3 is 0 Å². The topological polar surface area (TPSA) is 45.8 Å². The molecule has 3 nitrogen and oxygen atoms in total. The third kappa shape index (κ3) is 3.32. The van der Waals surface area contributed by atoms with Gasteiger partial charge in [-0.05, 0) is 31.0 Å². The van der Waals surface area contributed by atoms with Crippen molar-refractivity contribution >= 4 is 33.3 Å². The summed E-state index contributed by atoms with van der Waals surface area (Å²) in [4.78, 5) is 22.3. The van der Waals surface area contributed by atoms with Crippen molar-refractivity contribution in [1.29, 1.82) is 0 Å². The number of fused-ring (bicyclic) bond motifs is 1. The molecule has 0 aliphatic heterocycles. The molecule has 2 aromatic carbocycles. The molecule has 2 heterocycles. The van der Waals surface area contributed by atoms with Gasteiger partial charge in [-0.15, -0.1) is 23.1 Å². The van der Waals surface area contributed by atoms with Crippen molar-refractivity contribution in [2.24, 2.45) is 0 Å². The van der Waals surface area contributed by atoms with Crippen LogP contribution in [0.25, 0.3) is 21.3 Å². The maximum absolute atomic E-state index is 12.7. The quantitative estimate of drug-likeness (QED) is 0.473. The van der Waals surface area contributed by atoms with E-state index in [4.69, 9.17) is 0 Å². The number of thioether (sulfide) groups is 1. The Morgan fingerprint density at radius 2 is 1.92 bits per heavy atom. The van der Waals surface area contributed by atoms with Gasteiger partial charge in [0, 0.05) is 15.8 Å². The molecule has 1 N–H and O–H groups in total. The van der Waals surface area contributed by atoms with Gasteiger partial charge in [-0.1, -0.05) is 48.0 Å². The molecule has 130 valence electrons. The highest BCUT2D eigenvalue weighted by Crippen LogP contribution is 2.31.